The third kappa shape index (κ3) is 2.89. The topological polar surface area (TPSA) is 59.4 Å². The lowest BCUT2D eigenvalue weighted by molar-refractivity contribution is 0.0528. The van der Waals surface area contributed by atoms with Gasteiger partial charge >= 0.3 is 5.97 Å². The summed E-state index contributed by atoms with van der Waals surface area (Å²) in [6, 6.07) is 6.38. The molecule has 6 heteroatoms. The van der Waals surface area contributed by atoms with Crippen molar-refractivity contribution in [1.29, 1.82) is 0 Å². The van der Waals surface area contributed by atoms with Crippen LogP contribution in [-0.2, 0) is 4.74 Å². The van der Waals surface area contributed by atoms with Crippen molar-refractivity contribution in [2.45, 2.75) is 44.9 Å². The highest BCUT2D eigenvalue weighted by Gasteiger charge is 2.27. The smallest absolute Gasteiger partial charge is 0.343 e. The highest BCUT2D eigenvalue weighted by molar-refractivity contribution is 5.96. The normalized spacial score (nSPS) is 15.5. The molecule has 1 aromatic carbocycles. The van der Waals surface area contributed by atoms with E-state index in [0.717, 1.165) is 29.8 Å². The minimum atomic E-state index is -0.385. The van der Waals surface area contributed by atoms with Crippen LogP contribution in [0.2, 0.25) is 0 Å². The molecule has 2 aromatic heterocycles. The molecule has 0 spiro atoms. The number of imidazole rings is 1. The number of aromatic nitrogens is 3. The first kappa shape index (κ1) is 16.8. The lowest BCUT2D eigenvalue weighted by Crippen LogP contribution is -2.09. The van der Waals surface area contributed by atoms with Crippen LogP contribution in [0.25, 0.3) is 16.9 Å². The molecule has 0 atom stereocenters. The van der Waals surface area contributed by atoms with E-state index in [1.54, 1.807) is 25.3 Å². The van der Waals surface area contributed by atoms with Crippen molar-refractivity contribution in [1.82, 2.24) is 14.6 Å². The van der Waals surface area contributed by atoms with Gasteiger partial charge in [-0.3, -0.25) is 5.10 Å². The number of fused-ring (bicyclic) bond motifs is 1. The molecule has 4 rings (SSSR count). The molecule has 1 N–H and O–H groups in total. The predicted molar refractivity (Wildman–Crippen MR) is 96.7 cm³/mol. The maximum atomic E-state index is 13.4. The summed E-state index contributed by atoms with van der Waals surface area (Å²) >= 11 is 0. The molecule has 0 unspecified atom stereocenters. The molecule has 1 saturated carbocycles. The summed E-state index contributed by atoms with van der Waals surface area (Å²) in [5.74, 6) is -0.290. The minimum Gasteiger partial charge on any atom is -0.462 e. The summed E-state index contributed by atoms with van der Waals surface area (Å²) in [5.41, 5.74) is 3.75. The lowest BCUT2D eigenvalue weighted by atomic mass is 9.85. The number of carbonyl (C=O) groups excluding carboxylic acids is 1. The Bertz CT molecular complexity index is 921. The van der Waals surface area contributed by atoms with Crippen LogP contribution >= 0.6 is 0 Å². The van der Waals surface area contributed by atoms with Gasteiger partial charge in [-0.25, -0.2) is 18.7 Å². The Hall–Kier alpha value is -2.63. The number of nitrogens with zero attached hydrogens (tertiary/aromatic N) is 2. The van der Waals surface area contributed by atoms with Gasteiger partial charge in [0, 0.05) is 17.7 Å². The first-order valence-corrected chi connectivity index (χ1v) is 9.21. The number of halogens is 1. The van der Waals surface area contributed by atoms with Gasteiger partial charge in [0.25, 0.3) is 0 Å². The van der Waals surface area contributed by atoms with Crippen molar-refractivity contribution >= 4 is 11.6 Å². The molecule has 0 bridgehead atoms. The number of nitrogens with one attached hydrogen (secondary N) is 1. The van der Waals surface area contributed by atoms with Crippen molar-refractivity contribution in [3.63, 3.8) is 0 Å². The molecule has 0 radical (unpaired) electrons. The number of aromatic amines is 1. The second kappa shape index (κ2) is 6.94. The molecule has 2 heterocycles. The van der Waals surface area contributed by atoms with Crippen molar-refractivity contribution < 1.29 is 13.9 Å². The summed E-state index contributed by atoms with van der Waals surface area (Å²) in [7, 11) is 0. The van der Waals surface area contributed by atoms with Crippen LogP contribution in [0.1, 0.15) is 61.0 Å². The lowest BCUT2D eigenvalue weighted by Gasteiger charge is -2.22. The fraction of sp³-hybridized carbons (Fsp3) is 0.400. The second-order valence-corrected chi connectivity index (χ2v) is 6.75. The minimum absolute atomic E-state index is 0.273. The molecule has 1 aliphatic carbocycles. The number of esters is 1. The van der Waals surface area contributed by atoms with Crippen LogP contribution in [0.5, 0.6) is 0 Å². The molecule has 5 nitrogen and oxygen atoms in total. The van der Waals surface area contributed by atoms with Crippen molar-refractivity contribution in [2.75, 3.05) is 6.61 Å². The number of hydrogen-bond donors (Lipinski definition) is 1. The zero-order valence-corrected chi connectivity index (χ0v) is 14.8. The third-order valence-electron chi connectivity index (χ3n) is 5.10. The summed E-state index contributed by atoms with van der Waals surface area (Å²) in [5, 5.41) is 3.17. The van der Waals surface area contributed by atoms with E-state index in [-0.39, 0.29) is 11.8 Å². The van der Waals surface area contributed by atoms with Crippen LogP contribution in [-0.4, -0.2) is 27.2 Å². The van der Waals surface area contributed by atoms with Crippen LogP contribution in [0.3, 0.4) is 0 Å². The Morgan fingerprint density at radius 2 is 2.00 bits per heavy atom. The van der Waals surface area contributed by atoms with E-state index in [2.05, 4.69) is 5.10 Å². The zero-order chi connectivity index (χ0) is 18.1. The van der Waals surface area contributed by atoms with Gasteiger partial charge in [0.2, 0.25) is 0 Å². The number of hydrogen-bond acceptors (Lipinski definition) is 3. The average Bonchev–Trinajstić information content (AvgIpc) is 3.22. The predicted octanol–water partition coefficient (Wildman–Crippen LogP) is 4.69. The fourth-order valence-electron chi connectivity index (χ4n) is 3.87. The molecule has 0 saturated heterocycles. The van der Waals surface area contributed by atoms with Crippen LogP contribution < -0.4 is 0 Å². The molecular weight excluding hydrogens is 333 g/mol. The van der Waals surface area contributed by atoms with E-state index < -0.39 is 0 Å². The maximum absolute atomic E-state index is 13.4. The van der Waals surface area contributed by atoms with Gasteiger partial charge in [0.1, 0.15) is 11.4 Å². The SMILES string of the molecule is CCOC(=O)c1c[nH]n2c(C3CCCCC3)c(-c3ccc(F)cc3)nc12. The van der Waals surface area contributed by atoms with Crippen LogP contribution in [0.4, 0.5) is 4.39 Å². The molecule has 136 valence electrons. The van der Waals surface area contributed by atoms with Gasteiger partial charge in [0.05, 0.1) is 18.0 Å². The van der Waals surface area contributed by atoms with E-state index in [4.69, 9.17) is 9.72 Å². The largest absolute Gasteiger partial charge is 0.462 e. The highest BCUT2D eigenvalue weighted by atomic mass is 19.1. The van der Waals surface area contributed by atoms with Crippen molar-refractivity contribution in [3.8, 4) is 11.3 Å². The number of carbonyl (C=O) groups is 1. The molecule has 0 aliphatic heterocycles. The number of ether oxygens (including phenoxy) is 1. The first-order valence-electron chi connectivity index (χ1n) is 9.21. The first-order chi connectivity index (χ1) is 12.7. The molecular formula is C20H22FN3O2. The summed E-state index contributed by atoms with van der Waals surface area (Å²) < 4.78 is 20.4. The third-order valence-corrected chi connectivity index (χ3v) is 5.10. The highest BCUT2D eigenvalue weighted by Crippen LogP contribution is 2.38. The number of H-pyrrole nitrogens is 1. The molecule has 1 aliphatic rings. The summed E-state index contributed by atoms with van der Waals surface area (Å²) in [4.78, 5) is 17.0. The maximum Gasteiger partial charge on any atom is 0.343 e. The summed E-state index contributed by atoms with van der Waals surface area (Å²) in [6.07, 6.45) is 7.47. The fourth-order valence-corrected chi connectivity index (χ4v) is 3.87. The average molecular weight is 355 g/mol. The van der Waals surface area contributed by atoms with Gasteiger partial charge < -0.3 is 4.74 Å². The van der Waals surface area contributed by atoms with Crippen LogP contribution in [0.15, 0.2) is 30.5 Å². The van der Waals surface area contributed by atoms with Gasteiger partial charge in [0.15, 0.2) is 5.65 Å². The van der Waals surface area contributed by atoms with Crippen LogP contribution in [0, 0.1) is 5.82 Å². The molecule has 1 fully saturated rings. The molecule has 26 heavy (non-hydrogen) atoms. The Labute approximate surface area is 151 Å². The monoisotopic (exact) mass is 355 g/mol. The van der Waals surface area contributed by atoms with Gasteiger partial charge in [-0.15, -0.1) is 0 Å². The Kier molecular flexibility index (Phi) is 4.49. The Morgan fingerprint density at radius 1 is 1.27 bits per heavy atom. The van der Waals surface area contributed by atoms with Crippen molar-refractivity contribution in [2.24, 2.45) is 0 Å². The van der Waals surface area contributed by atoms with E-state index in [9.17, 15) is 9.18 Å². The number of benzene rings is 1. The van der Waals surface area contributed by atoms with Crippen molar-refractivity contribution in [3.05, 3.63) is 47.5 Å². The zero-order valence-electron chi connectivity index (χ0n) is 14.8. The summed E-state index contributed by atoms with van der Waals surface area (Å²) in [6.45, 7) is 2.10. The Morgan fingerprint density at radius 3 is 2.69 bits per heavy atom. The van der Waals surface area contributed by atoms with E-state index in [1.165, 1.54) is 31.4 Å². The molecule has 3 aromatic rings. The van der Waals surface area contributed by atoms with E-state index >= 15 is 0 Å². The van der Waals surface area contributed by atoms with Gasteiger partial charge in [-0.05, 0) is 44.0 Å². The Balaban J connectivity index is 1.87. The van der Waals surface area contributed by atoms with Gasteiger partial charge in [-0.1, -0.05) is 19.3 Å². The van der Waals surface area contributed by atoms with E-state index in [1.807, 2.05) is 4.52 Å². The molecule has 0 amide bonds. The van der Waals surface area contributed by atoms with E-state index in [0.29, 0.717) is 23.7 Å². The number of rotatable bonds is 4. The van der Waals surface area contributed by atoms with Gasteiger partial charge in [-0.2, -0.15) is 0 Å². The standard InChI is InChI=1S/C20H22FN3O2/c1-2-26-20(25)16-12-22-24-18(14-6-4-3-5-7-14)17(23-19(16)24)13-8-10-15(21)11-9-13/h8-12,14,22H,2-7H2,1H3. The quantitative estimate of drug-likeness (QED) is 0.691. The second-order valence-electron chi connectivity index (χ2n) is 6.75.